The Kier molecular flexibility index (Phi) is 6.37. The Morgan fingerprint density at radius 1 is 1.31 bits per heavy atom. The molecule has 1 aromatic carbocycles. The number of aromatic nitrogens is 2. The summed E-state index contributed by atoms with van der Waals surface area (Å²) >= 11 is 5.96. The fourth-order valence-electron chi connectivity index (χ4n) is 3.43. The van der Waals surface area contributed by atoms with Gasteiger partial charge in [0.05, 0.1) is 17.8 Å². The molecule has 7 heteroatoms. The van der Waals surface area contributed by atoms with Crippen LogP contribution in [0.25, 0.3) is 5.69 Å². The van der Waals surface area contributed by atoms with Gasteiger partial charge in [0.1, 0.15) is 0 Å². The van der Waals surface area contributed by atoms with Crippen LogP contribution in [0.3, 0.4) is 0 Å². The number of likely N-dealkylation sites (tertiary alicyclic amines) is 1. The summed E-state index contributed by atoms with van der Waals surface area (Å²) in [5.74, 6) is 0.152. The van der Waals surface area contributed by atoms with E-state index in [-0.39, 0.29) is 23.7 Å². The van der Waals surface area contributed by atoms with E-state index in [2.05, 4.69) is 12.0 Å². The van der Waals surface area contributed by atoms with Gasteiger partial charge in [-0.15, -0.1) is 12.4 Å². The minimum Gasteiger partial charge on any atom is -0.342 e. The van der Waals surface area contributed by atoms with E-state index in [1.807, 2.05) is 47.7 Å². The molecule has 0 bridgehead atoms. The maximum atomic E-state index is 12.7. The predicted octanol–water partition coefficient (Wildman–Crippen LogP) is 3.30. The maximum Gasteiger partial charge on any atom is 0.227 e. The van der Waals surface area contributed by atoms with Crippen LogP contribution in [0.1, 0.15) is 30.3 Å². The van der Waals surface area contributed by atoms with Gasteiger partial charge in [-0.2, -0.15) is 5.10 Å². The van der Waals surface area contributed by atoms with E-state index in [0.717, 1.165) is 42.1 Å². The van der Waals surface area contributed by atoms with E-state index in [1.165, 1.54) is 0 Å². The van der Waals surface area contributed by atoms with Crippen LogP contribution >= 0.6 is 24.0 Å². The zero-order chi connectivity index (χ0) is 18.2. The molecule has 0 saturated carbocycles. The first kappa shape index (κ1) is 20.7. The molecule has 1 amide bonds. The number of hydrogen-bond acceptors (Lipinski definition) is 3. The minimum absolute atomic E-state index is 0. The van der Waals surface area contributed by atoms with Crippen LogP contribution in [0.4, 0.5) is 0 Å². The van der Waals surface area contributed by atoms with E-state index >= 15 is 0 Å². The lowest BCUT2D eigenvalue weighted by Crippen LogP contribution is -2.35. The van der Waals surface area contributed by atoms with E-state index in [1.54, 1.807) is 0 Å². The number of aryl methyl sites for hydroxylation is 1. The van der Waals surface area contributed by atoms with Gasteiger partial charge in [-0.05, 0) is 56.5 Å². The van der Waals surface area contributed by atoms with Crippen LogP contribution < -0.4 is 5.73 Å². The highest BCUT2D eigenvalue weighted by molar-refractivity contribution is 6.30. The Balaban J connectivity index is 0.00000243. The van der Waals surface area contributed by atoms with Gasteiger partial charge in [0.15, 0.2) is 0 Å². The minimum atomic E-state index is 0. The highest BCUT2D eigenvalue weighted by Gasteiger charge is 2.35. The van der Waals surface area contributed by atoms with E-state index in [9.17, 15) is 4.79 Å². The first-order chi connectivity index (χ1) is 11.8. The summed E-state index contributed by atoms with van der Waals surface area (Å²) in [6.45, 7) is 8.25. The molecule has 2 aromatic rings. The van der Waals surface area contributed by atoms with Gasteiger partial charge in [-0.1, -0.05) is 18.5 Å². The van der Waals surface area contributed by atoms with Crippen LogP contribution in [0, 0.1) is 19.3 Å². The largest absolute Gasteiger partial charge is 0.342 e. The van der Waals surface area contributed by atoms with Gasteiger partial charge in [0.25, 0.3) is 0 Å². The van der Waals surface area contributed by atoms with Crippen LogP contribution in [-0.4, -0.2) is 40.2 Å². The van der Waals surface area contributed by atoms with Crippen LogP contribution in [-0.2, 0) is 11.2 Å². The monoisotopic (exact) mass is 396 g/mol. The number of nitrogens with two attached hydrogens (primary N) is 1. The molecule has 3 rings (SSSR count). The molecule has 26 heavy (non-hydrogen) atoms. The second-order valence-electron chi connectivity index (χ2n) is 7.29. The van der Waals surface area contributed by atoms with Crippen molar-refractivity contribution in [1.82, 2.24) is 14.7 Å². The number of nitrogens with zero attached hydrogens (tertiary/aromatic N) is 3. The van der Waals surface area contributed by atoms with Gasteiger partial charge >= 0.3 is 0 Å². The fourth-order valence-corrected chi connectivity index (χ4v) is 3.56. The van der Waals surface area contributed by atoms with Crippen LogP contribution in [0.2, 0.25) is 5.02 Å². The average Bonchev–Trinajstić information content (AvgIpc) is 3.12. The number of benzene rings is 1. The van der Waals surface area contributed by atoms with Gasteiger partial charge in [0.2, 0.25) is 5.91 Å². The normalized spacial score (nSPS) is 19.5. The molecule has 1 saturated heterocycles. The molecule has 1 unspecified atom stereocenters. The smallest absolute Gasteiger partial charge is 0.227 e. The lowest BCUT2D eigenvalue weighted by Gasteiger charge is -2.22. The molecule has 0 radical (unpaired) electrons. The molecular weight excluding hydrogens is 371 g/mol. The Morgan fingerprint density at radius 3 is 2.54 bits per heavy atom. The van der Waals surface area contributed by atoms with Crippen molar-refractivity contribution in [3.8, 4) is 5.69 Å². The zero-order valence-electron chi connectivity index (χ0n) is 15.5. The second kappa shape index (κ2) is 7.99. The quantitative estimate of drug-likeness (QED) is 0.861. The molecule has 1 atom stereocenters. The van der Waals surface area contributed by atoms with Crippen molar-refractivity contribution in [1.29, 1.82) is 0 Å². The van der Waals surface area contributed by atoms with Crippen molar-refractivity contribution in [3.63, 3.8) is 0 Å². The summed E-state index contributed by atoms with van der Waals surface area (Å²) in [4.78, 5) is 14.7. The van der Waals surface area contributed by atoms with Crippen molar-refractivity contribution in [2.24, 2.45) is 11.1 Å². The summed E-state index contributed by atoms with van der Waals surface area (Å²) < 4.78 is 1.88. The van der Waals surface area contributed by atoms with Gasteiger partial charge in [-0.3, -0.25) is 4.79 Å². The number of carbonyl (C=O) groups is 1. The lowest BCUT2D eigenvalue weighted by atomic mass is 9.90. The third kappa shape index (κ3) is 4.05. The standard InChI is InChI=1S/C19H25ClN4O.ClH/c1-13-17(10-18(25)23-9-8-19(3,11-21)12-23)14(2)24(22-13)16-6-4-15(20)5-7-16;/h4-7H,8-12,21H2,1-3H3;1H. The Morgan fingerprint density at radius 2 is 1.96 bits per heavy atom. The molecule has 1 fully saturated rings. The van der Waals surface area contributed by atoms with Gasteiger partial charge in [-0.25, -0.2) is 4.68 Å². The summed E-state index contributed by atoms with van der Waals surface area (Å²) in [7, 11) is 0. The molecule has 1 aliphatic rings. The second-order valence-corrected chi connectivity index (χ2v) is 7.73. The highest BCUT2D eigenvalue weighted by atomic mass is 35.5. The average molecular weight is 397 g/mol. The first-order valence-electron chi connectivity index (χ1n) is 8.62. The van der Waals surface area contributed by atoms with Crippen molar-refractivity contribution < 1.29 is 4.79 Å². The molecule has 1 aromatic heterocycles. The van der Waals surface area contributed by atoms with Crippen molar-refractivity contribution in [3.05, 3.63) is 46.2 Å². The Hall–Kier alpha value is -1.56. The summed E-state index contributed by atoms with van der Waals surface area (Å²) in [5.41, 5.74) is 9.73. The number of halogens is 2. The molecule has 2 N–H and O–H groups in total. The summed E-state index contributed by atoms with van der Waals surface area (Å²) in [5, 5.41) is 5.31. The van der Waals surface area contributed by atoms with Crippen LogP contribution in [0.5, 0.6) is 0 Å². The third-order valence-electron chi connectivity index (χ3n) is 5.24. The number of carbonyl (C=O) groups excluding carboxylic acids is 1. The molecular formula is C19H26Cl2N4O. The van der Waals surface area contributed by atoms with Crippen molar-refractivity contribution in [2.45, 2.75) is 33.6 Å². The maximum absolute atomic E-state index is 12.7. The van der Waals surface area contributed by atoms with Crippen molar-refractivity contribution >= 4 is 29.9 Å². The zero-order valence-corrected chi connectivity index (χ0v) is 17.0. The Bertz CT molecular complexity index is 788. The molecule has 1 aliphatic heterocycles. The lowest BCUT2D eigenvalue weighted by molar-refractivity contribution is -0.129. The van der Waals surface area contributed by atoms with Gasteiger partial charge in [0, 0.05) is 29.4 Å². The van der Waals surface area contributed by atoms with Crippen LogP contribution in [0.15, 0.2) is 24.3 Å². The first-order valence-corrected chi connectivity index (χ1v) is 9.00. The predicted molar refractivity (Wildman–Crippen MR) is 107 cm³/mol. The number of rotatable bonds is 4. The number of amides is 1. The van der Waals surface area contributed by atoms with Crippen molar-refractivity contribution in [2.75, 3.05) is 19.6 Å². The fraction of sp³-hybridized carbons (Fsp3) is 0.474. The topological polar surface area (TPSA) is 64.2 Å². The summed E-state index contributed by atoms with van der Waals surface area (Å²) in [6, 6.07) is 7.55. The third-order valence-corrected chi connectivity index (χ3v) is 5.50. The molecule has 142 valence electrons. The number of hydrogen-bond donors (Lipinski definition) is 1. The molecule has 0 spiro atoms. The molecule has 2 heterocycles. The molecule has 0 aliphatic carbocycles. The van der Waals surface area contributed by atoms with E-state index in [0.29, 0.717) is 18.0 Å². The SMILES string of the molecule is Cc1nn(-c2ccc(Cl)cc2)c(C)c1CC(=O)N1CCC(C)(CN)C1.Cl. The van der Waals surface area contributed by atoms with Gasteiger partial charge < -0.3 is 10.6 Å². The molecule has 5 nitrogen and oxygen atoms in total. The van der Waals surface area contributed by atoms with E-state index in [4.69, 9.17) is 17.3 Å². The summed E-state index contributed by atoms with van der Waals surface area (Å²) in [6.07, 6.45) is 1.35. The van der Waals surface area contributed by atoms with E-state index < -0.39 is 0 Å². The Labute approximate surface area is 165 Å². The highest BCUT2D eigenvalue weighted by Crippen LogP contribution is 2.29.